The summed E-state index contributed by atoms with van der Waals surface area (Å²) in [5.41, 5.74) is 0.296. The Bertz CT molecular complexity index is 789. The molecule has 0 spiro atoms. The molecule has 0 saturated heterocycles. The monoisotopic (exact) mass is 396 g/mol. The molecule has 142 valence electrons. The van der Waals surface area contributed by atoms with Crippen LogP contribution in [0.3, 0.4) is 0 Å². The first-order valence-corrected chi connectivity index (χ1v) is 11.5. The van der Waals surface area contributed by atoms with E-state index in [0.717, 1.165) is 47.6 Å². The molecule has 0 aromatic heterocycles. The molecule has 1 aromatic rings. The van der Waals surface area contributed by atoms with Gasteiger partial charge < -0.3 is 5.32 Å². The molecule has 1 amide bonds. The molecule has 4 bridgehead atoms. The minimum Gasteiger partial charge on any atom is -0.349 e. The van der Waals surface area contributed by atoms with Crippen molar-refractivity contribution in [2.75, 3.05) is 17.1 Å². The summed E-state index contributed by atoms with van der Waals surface area (Å²) in [7, 11) is -3.58. The normalized spacial score (nSPS) is 32.5. The van der Waals surface area contributed by atoms with E-state index in [2.05, 4.69) is 5.32 Å². The highest BCUT2D eigenvalue weighted by atomic mass is 35.5. The Hall–Kier alpha value is -1.27. The third-order valence-corrected chi connectivity index (χ3v) is 7.60. The Morgan fingerprint density at radius 1 is 1.19 bits per heavy atom. The third-order valence-electron chi connectivity index (χ3n) is 6.23. The predicted molar refractivity (Wildman–Crippen MR) is 103 cm³/mol. The van der Waals surface area contributed by atoms with E-state index < -0.39 is 10.0 Å². The molecule has 26 heavy (non-hydrogen) atoms. The summed E-state index contributed by atoms with van der Waals surface area (Å²) in [5.74, 6) is 1.94. The van der Waals surface area contributed by atoms with Crippen molar-refractivity contribution in [3.63, 3.8) is 0 Å². The van der Waals surface area contributed by atoms with Gasteiger partial charge in [0.2, 0.25) is 15.9 Å². The van der Waals surface area contributed by atoms with Gasteiger partial charge in [-0.3, -0.25) is 9.10 Å². The summed E-state index contributed by atoms with van der Waals surface area (Å²) < 4.78 is 25.6. The highest BCUT2D eigenvalue weighted by molar-refractivity contribution is 7.92. The summed E-state index contributed by atoms with van der Waals surface area (Å²) >= 11 is 6.00. The van der Waals surface area contributed by atoms with Crippen molar-refractivity contribution in [1.29, 1.82) is 0 Å². The molecule has 4 aliphatic carbocycles. The molecule has 4 saturated carbocycles. The first-order chi connectivity index (χ1) is 12.2. The average molecular weight is 397 g/mol. The molecule has 5 nitrogen and oxygen atoms in total. The SMILES string of the molecule is CS(=O)(=O)N(CC(=O)NC12CC3CC(CC(C3)C1)C2)c1cccc(Cl)c1. The zero-order valence-electron chi connectivity index (χ0n) is 14.9. The molecule has 7 heteroatoms. The number of rotatable bonds is 5. The maximum absolute atomic E-state index is 12.8. The van der Waals surface area contributed by atoms with Crippen molar-refractivity contribution in [3.8, 4) is 0 Å². The summed E-state index contributed by atoms with van der Waals surface area (Å²) in [6.07, 6.45) is 8.14. The second-order valence-corrected chi connectivity index (χ2v) is 10.8. The van der Waals surface area contributed by atoms with E-state index in [1.807, 2.05) is 0 Å². The smallest absolute Gasteiger partial charge is 0.241 e. The molecule has 5 rings (SSSR count). The van der Waals surface area contributed by atoms with Gasteiger partial charge in [0.1, 0.15) is 6.54 Å². The first kappa shape index (κ1) is 18.1. The number of halogens is 1. The zero-order valence-corrected chi connectivity index (χ0v) is 16.5. The fraction of sp³-hybridized carbons (Fsp3) is 0.632. The molecule has 0 aliphatic heterocycles. The Morgan fingerprint density at radius 3 is 2.27 bits per heavy atom. The van der Waals surface area contributed by atoms with Crippen LogP contribution in [-0.4, -0.2) is 32.7 Å². The minimum absolute atomic E-state index is 0.122. The van der Waals surface area contributed by atoms with Crippen LogP contribution in [0, 0.1) is 17.8 Å². The number of nitrogens with zero attached hydrogens (tertiary/aromatic N) is 1. The van der Waals surface area contributed by atoms with Gasteiger partial charge >= 0.3 is 0 Å². The van der Waals surface area contributed by atoms with Crippen molar-refractivity contribution in [2.45, 2.75) is 44.1 Å². The van der Waals surface area contributed by atoms with Gasteiger partial charge in [0.15, 0.2) is 0 Å². The fourth-order valence-corrected chi connectivity index (χ4v) is 6.79. The van der Waals surface area contributed by atoms with Gasteiger partial charge in [-0.2, -0.15) is 0 Å². The zero-order chi connectivity index (χ0) is 18.5. The Kier molecular flexibility index (Phi) is 4.47. The molecular weight excluding hydrogens is 372 g/mol. The van der Waals surface area contributed by atoms with Crippen LogP contribution in [0.4, 0.5) is 5.69 Å². The van der Waals surface area contributed by atoms with E-state index in [1.54, 1.807) is 24.3 Å². The average Bonchev–Trinajstić information content (AvgIpc) is 2.49. The molecule has 4 fully saturated rings. The van der Waals surface area contributed by atoms with E-state index in [0.29, 0.717) is 10.7 Å². The van der Waals surface area contributed by atoms with Crippen LogP contribution in [-0.2, 0) is 14.8 Å². The number of anilines is 1. The predicted octanol–water partition coefficient (Wildman–Crippen LogP) is 3.19. The maximum Gasteiger partial charge on any atom is 0.241 e. The number of sulfonamides is 1. The Balaban J connectivity index is 1.51. The Labute approximate surface area is 160 Å². The van der Waals surface area contributed by atoms with Crippen molar-refractivity contribution < 1.29 is 13.2 Å². The van der Waals surface area contributed by atoms with Gasteiger partial charge in [-0.1, -0.05) is 17.7 Å². The molecule has 4 aliphatic rings. The van der Waals surface area contributed by atoms with E-state index in [4.69, 9.17) is 11.6 Å². The van der Waals surface area contributed by atoms with E-state index in [9.17, 15) is 13.2 Å². The molecule has 1 aromatic carbocycles. The van der Waals surface area contributed by atoms with Crippen molar-refractivity contribution in [2.24, 2.45) is 17.8 Å². The lowest BCUT2D eigenvalue weighted by Gasteiger charge is -2.57. The summed E-state index contributed by atoms with van der Waals surface area (Å²) in [6.45, 7) is -0.207. The van der Waals surface area contributed by atoms with Crippen LogP contribution in [0.1, 0.15) is 38.5 Å². The number of amides is 1. The van der Waals surface area contributed by atoms with Gasteiger partial charge in [-0.25, -0.2) is 8.42 Å². The lowest BCUT2D eigenvalue weighted by Crippen LogP contribution is -2.61. The van der Waals surface area contributed by atoms with Gasteiger partial charge in [0.25, 0.3) is 0 Å². The fourth-order valence-electron chi connectivity index (χ4n) is 5.76. The molecule has 0 radical (unpaired) electrons. The standard InChI is InChI=1S/C19H25ClN2O3S/c1-26(24,25)22(17-4-2-3-16(20)8-17)12-18(23)21-19-9-13-5-14(10-19)7-15(6-13)11-19/h2-4,8,13-15H,5-7,9-12H2,1H3,(H,21,23). The topological polar surface area (TPSA) is 66.5 Å². The number of benzene rings is 1. The van der Waals surface area contributed by atoms with Gasteiger partial charge in [0, 0.05) is 10.6 Å². The highest BCUT2D eigenvalue weighted by Crippen LogP contribution is 2.55. The lowest BCUT2D eigenvalue weighted by atomic mass is 9.53. The molecule has 1 N–H and O–H groups in total. The van der Waals surface area contributed by atoms with Crippen molar-refractivity contribution >= 4 is 33.2 Å². The van der Waals surface area contributed by atoms with Crippen LogP contribution in [0.5, 0.6) is 0 Å². The largest absolute Gasteiger partial charge is 0.349 e. The maximum atomic E-state index is 12.8. The lowest BCUT2D eigenvalue weighted by molar-refractivity contribution is -0.125. The number of nitrogens with one attached hydrogen (secondary N) is 1. The van der Waals surface area contributed by atoms with Crippen LogP contribution < -0.4 is 9.62 Å². The number of hydrogen-bond acceptors (Lipinski definition) is 3. The van der Waals surface area contributed by atoms with E-state index in [1.165, 1.54) is 19.3 Å². The number of hydrogen-bond donors (Lipinski definition) is 1. The minimum atomic E-state index is -3.58. The van der Waals surface area contributed by atoms with Crippen LogP contribution in [0.2, 0.25) is 5.02 Å². The van der Waals surface area contributed by atoms with E-state index in [-0.39, 0.29) is 18.0 Å². The molecular formula is C19H25ClN2O3S. The Morgan fingerprint density at radius 2 is 1.77 bits per heavy atom. The first-order valence-electron chi connectivity index (χ1n) is 9.27. The van der Waals surface area contributed by atoms with Crippen molar-refractivity contribution in [1.82, 2.24) is 5.32 Å². The third kappa shape index (κ3) is 3.58. The van der Waals surface area contributed by atoms with Gasteiger partial charge in [-0.05, 0) is 74.5 Å². The number of carbonyl (C=O) groups excluding carboxylic acids is 1. The highest BCUT2D eigenvalue weighted by Gasteiger charge is 2.51. The molecule has 0 unspecified atom stereocenters. The number of carbonyl (C=O) groups is 1. The summed E-state index contributed by atoms with van der Waals surface area (Å²) in [4.78, 5) is 12.8. The second-order valence-electron chi connectivity index (χ2n) is 8.50. The quantitative estimate of drug-likeness (QED) is 0.831. The molecule has 0 atom stereocenters. The van der Waals surface area contributed by atoms with Gasteiger partial charge in [0.05, 0.1) is 11.9 Å². The summed E-state index contributed by atoms with van der Waals surface area (Å²) in [5, 5.41) is 3.68. The molecule has 0 heterocycles. The van der Waals surface area contributed by atoms with Crippen LogP contribution in [0.15, 0.2) is 24.3 Å². The summed E-state index contributed by atoms with van der Waals surface area (Å²) in [6, 6.07) is 6.60. The second kappa shape index (κ2) is 6.41. The van der Waals surface area contributed by atoms with Gasteiger partial charge in [-0.15, -0.1) is 0 Å². The van der Waals surface area contributed by atoms with Crippen LogP contribution in [0.25, 0.3) is 0 Å². The van der Waals surface area contributed by atoms with Crippen molar-refractivity contribution in [3.05, 3.63) is 29.3 Å². The van der Waals surface area contributed by atoms with E-state index >= 15 is 0 Å². The van der Waals surface area contributed by atoms with Crippen LogP contribution >= 0.6 is 11.6 Å².